The van der Waals surface area contributed by atoms with Crippen LogP contribution in [0.5, 0.6) is 0 Å². The van der Waals surface area contributed by atoms with Crippen molar-refractivity contribution < 1.29 is 0 Å². The molecule has 0 spiro atoms. The minimum absolute atomic E-state index is 0.307. The fourth-order valence-corrected chi connectivity index (χ4v) is 3.84. The molecule has 0 amide bonds. The predicted molar refractivity (Wildman–Crippen MR) is 112 cm³/mol. The summed E-state index contributed by atoms with van der Waals surface area (Å²) in [7, 11) is 3.11. The number of aromatic nitrogens is 4. The van der Waals surface area contributed by atoms with Gasteiger partial charge in [0.2, 0.25) is 0 Å². The van der Waals surface area contributed by atoms with Crippen molar-refractivity contribution in [2.75, 3.05) is 0 Å². The second-order valence-electron chi connectivity index (χ2n) is 7.42. The molecule has 0 unspecified atom stereocenters. The average molecular weight is 449 g/mol. The van der Waals surface area contributed by atoms with Gasteiger partial charge in [-0.15, -0.1) is 11.8 Å². The topological polar surface area (TPSA) is 69.8 Å². The first-order valence-corrected chi connectivity index (χ1v) is 10.2. The molecule has 142 valence electrons. The van der Waals surface area contributed by atoms with E-state index >= 15 is 0 Å². The number of thioether (sulfide) groups is 1. The lowest BCUT2D eigenvalue weighted by Gasteiger charge is -2.19. The van der Waals surface area contributed by atoms with Crippen molar-refractivity contribution in [3.63, 3.8) is 0 Å². The fourth-order valence-electron chi connectivity index (χ4n) is 2.60. The molecule has 27 heavy (non-hydrogen) atoms. The molecule has 8 heteroatoms. The minimum atomic E-state index is -0.394. The van der Waals surface area contributed by atoms with Crippen LogP contribution in [0, 0.1) is 0 Å². The molecule has 6 nitrogen and oxygen atoms in total. The first-order valence-electron chi connectivity index (χ1n) is 8.45. The summed E-state index contributed by atoms with van der Waals surface area (Å²) < 4.78 is 3.53. The molecular formula is C19H21BrN4O2S. The molecule has 0 fully saturated rings. The van der Waals surface area contributed by atoms with Crippen molar-refractivity contribution in [3.05, 3.63) is 61.0 Å². The van der Waals surface area contributed by atoms with Gasteiger partial charge in [-0.25, -0.2) is 14.8 Å². The normalized spacial score (nSPS) is 11.9. The lowest BCUT2D eigenvalue weighted by Crippen LogP contribution is -2.38. The van der Waals surface area contributed by atoms with Gasteiger partial charge in [-0.05, 0) is 17.7 Å². The van der Waals surface area contributed by atoms with Crippen molar-refractivity contribution in [2.45, 2.75) is 37.0 Å². The van der Waals surface area contributed by atoms with E-state index in [2.05, 4.69) is 20.9 Å². The highest BCUT2D eigenvalue weighted by molar-refractivity contribution is 9.10. The highest BCUT2D eigenvalue weighted by Crippen LogP contribution is 2.29. The number of hydrogen-bond donors (Lipinski definition) is 0. The zero-order valence-corrected chi connectivity index (χ0v) is 18.3. The molecule has 0 atom stereocenters. The first kappa shape index (κ1) is 19.8. The van der Waals surface area contributed by atoms with E-state index in [4.69, 9.17) is 4.98 Å². The van der Waals surface area contributed by atoms with E-state index in [1.54, 1.807) is 7.05 Å². The SMILES string of the molecule is Cn1c(=O)c2c(SCc3ccc(Br)cc3)nc(C(C)(C)C)nc2n(C)c1=O. The van der Waals surface area contributed by atoms with Gasteiger partial charge in [0.05, 0.1) is 0 Å². The van der Waals surface area contributed by atoms with Gasteiger partial charge in [-0.3, -0.25) is 13.9 Å². The Hall–Kier alpha value is -1.93. The van der Waals surface area contributed by atoms with Gasteiger partial charge in [0.15, 0.2) is 5.65 Å². The van der Waals surface area contributed by atoms with Gasteiger partial charge in [0.25, 0.3) is 5.56 Å². The fraction of sp³-hybridized carbons (Fsp3) is 0.368. The second kappa shape index (κ2) is 7.24. The van der Waals surface area contributed by atoms with Gasteiger partial charge in [0.1, 0.15) is 16.2 Å². The van der Waals surface area contributed by atoms with Crippen LogP contribution in [0.25, 0.3) is 11.0 Å². The van der Waals surface area contributed by atoms with Gasteiger partial charge in [-0.1, -0.05) is 48.8 Å². The Morgan fingerprint density at radius 1 is 1.04 bits per heavy atom. The summed E-state index contributed by atoms with van der Waals surface area (Å²) >= 11 is 4.92. The summed E-state index contributed by atoms with van der Waals surface area (Å²) in [6.07, 6.45) is 0. The molecule has 0 saturated heterocycles. The first-order chi connectivity index (χ1) is 12.6. The number of nitrogens with zero attached hydrogens (tertiary/aromatic N) is 4. The van der Waals surface area contributed by atoms with Crippen LogP contribution in [0.2, 0.25) is 0 Å². The lowest BCUT2D eigenvalue weighted by atomic mass is 9.96. The Bertz CT molecular complexity index is 1130. The van der Waals surface area contributed by atoms with E-state index < -0.39 is 5.69 Å². The summed E-state index contributed by atoms with van der Waals surface area (Å²) in [5.41, 5.74) is 0.426. The zero-order chi connectivity index (χ0) is 19.9. The Kier molecular flexibility index (Phi) is 5.31. The smallest absolute Gasteiger partial charge is 0.280 e. The van der Waals surface area contributed by atoms with Crippen molar-refractivity contribution in [2.24, 2.45) is 14.1 Å². The highest BCUT2D eigenvalue weighted by Gasteiger charge is 2.23. The minimum Gasteiger partial charge on any atom is -0.280 e. The van der Waals surface area contributed by atoms with E-state index in [-0.39, 0.29) is 11.0 Å². The number of halogens is 1. The summed E-state index contributed by atoms with van der Waals surface area (Å²) in [5, 5.41) is 0.985. The molecule has 2 heterocycles. The molecule has 0 bridgehead atoms. The highest BCUT2D eigenvalue weighted by atomic mass is 79.9. The Morgan fingerprint density at radius 3 is 2.26 bits per heavy atom. The molecule has 0 N–H and O–H groups in total. The standard InChI is InChI=1S/C19H21BrN4O2S/c1-19(2,3)17-21-14-13(16(25)24(5)18(26)23(14)4)15(22-17)27-10-11-6-8-12(20)9-7-11/h6-9H,10H2,1-5H3. The summed E-state index contributed by atoms with van der Waals surface area (Å²) in [6.45, 7) is 6.03. The molecule has 0 aliphatic carbocycles. The molecule has 3 rings (SSSR count). The lowest BCUT2D eigenvalue weighted by molar-refractivity contribution is 0.539. The monoisotopic (exact) mass is 448 g/mol. The van der Waals surface area contributed by atoms with E-state index in [9.17, 15) is 9.59 Å². The number of fused-ring (bicyclic) bond motifs is 1. The number of aryl methyl sites for hydroxylation is 1. The van der Waals surface area contributed by atoms with Crippen molar-refractivity contribution in [3.8, 4) is 0 Å². The second-order valence-corrected chi connectivity index (χ2v) is 9.30. The van der Waals surface area contributed by atoms with Gasteiger partial charge in [0, 0.05) is 29.7 Å². The number of benzene rings is 1. The largest absolute Gasteiger partial charge is 0.332 e. The molecular weight excluding hydrogens is 428 g/mol. The van der Waals surface area contributed by atoms with Crippen molar-refractivity contribution >= 4 is 38.7 Å². The maximum absolute atomic E-state index is 12.8. The van der Waals surface area contributed by atoms with E-state index in [0.29, 0.717) is 27.6 Å². The Balaban J connectivity index is 2.21. The maximum atomic E-state index is 12.8. The van der Waals surface area contributed by atoms with Crippen molar-refractivity contribution in [1.29, 1.82) is 0 Å². The van der Waals surface area contributed by atoms with Gasteiger partial charge in [-0.2, -0.15) is 0 Å². The van der Waals surface area contributed by atoms with Crippen LogP contribution in [-0.4, -0.2) is 19.1 Å². The molecule has 0 saturated carbocycles. The summed E-state index contributed by atoms with van der Waals surface area (Å²) in [6, 6.07) is 8.02. The van der Waals surface area contributed by atoms with Gasteiger partial charge >= 0.3 is 5.69 Å². The average Bonchev–Trinajstić information content (AvgIpc) is 2.62. The van der Waals surface area contributed by atoms with E-state index in [0.717, 1.165) is 14.6 Å². The van der Waals surface area contributed by atoms with Crippen LogP contribution in [0.4, 0.5) is 0 Å². The zero-order valence-electron chi connectivity index (χ0n) is 15.9. The molecule has 1 aromatic carbocycles. The molecule has 2 aromatic heterocycles. The summed E-state index contributed by atoms with van der Waals surface area (Å²) in [5.74, 6) is 1.27. The van der Waals surface area contributed by atoms with E-state index in [1.807, 2.05) is 45.0 Å². The maximum Gasteiger partial charge on any atom is 0.332 e. The van der Waals surface area contributed by atoms with Crippen LogP contribution in [0.3, 0.4) is 0 Å². The third kappa shape index (κ3) is 3.87. The number of hydrogen-bond acceptors (Lipinski definition) is 5. The third-order valence-electron chi connectivity index (χ3n) is 4.23. The van der Waals surface area contributed by atoms with Crippen LogP contribution in [0.15, 0.2) is 43.4 Å². The van der Waals surface area contributed by atoms with Crippen LogP contribution in [0.1, 0.15) is 32.2 Å². The molecule has 0 aliphatic heterocycles. The van der Waals surface area contributed by atoms with E-state index in [1.165, 1.54) is 23.4 Å². The number of rotatable bonds is 3. The molecule has 3 aromatic rings. The van der Waals surface area contributed by atoms with Crippen molar-refractivity contribution in [1.82, 2.24) is 19.1 Å². The summed E-state index contributed by atoms with van der Waals surface area (Å²) in [4.78, 5) is 34.4. The van der Waals surface area contributed by atoms with Gasteiger partial charge < -0.3 is 0 Å². The van der Waals surface area contributed by atoms with Crippen LogP contribution in [-0.2, 0) is 25.3 Å². The third-order valence-corrected chi connectivity index (χ3v) is 5.80. The predicted octanol–water partition coefficient (Wildman–Crippen LogP) is 3.38. The Labute approximate surface area is 169 Å². The Morgan fingerprint density at radius 2 is 1.67 bits per heavy atom. The van der Waals surface area contributed by atoms with Crippen LogP contribution < -0.4 is 11.2 Å². The van der Waals surface area contributed by atoms with Crippen LogP contribution >= 0.6 is 27.7 Å². The molecule has 0 radical (unpaired) electrons. The molecule has 0 aliphatic rings. The quantitative estimate of drug-likeness (QED) is 0.453.